The Balaban J connectivity index is 1.45. The van der Waals surface area contributed by atoms with Crippen molar-refractivity contribution in [2.45, 2.75) is 6.42 Å². The normalized spacial score (nSPS) is 11.3. The molecule has 32 heavy (non-hydrogen) atoms. The Bertz CT molecular complexity index is 1330. The molecule has 0 aliphatic carbocycles. The zero-order valence-corrected chi connectivity index (χ0v) is 18.1. The minimum absolute atomic E-state index is 0.105. The molecule has 0 unspecified atom stereocenters. The van der Waals surface area contributed by atoms with Crippen LogP contribution in [0.4, 0.5) is 10.1 Å². The van der Waals surface area contributed by atoms with Crippen molar-refractivity contribution >= 4 is 52.0 Å². The molecule has 4 rings (SSSR count). The summed E-state index contributed by atoms with van der Waals surface area (Å²) in [5.74, 6) is -1.12. The number of fused-ring (bicyclic) bond motifs is 1. The maximum atomic E-state index is 14.6. The van der Waals surface area contributed by atoms with Gasteiger partial charge in [0.05, 0.1) is 12.1 Å². The molecule has 2 N–H and O–H groups in total. The van der Waals surface area contributed by atoms with Crippen LogP contribution in [0.5, 0.6) is 0 Å². The summed E-state index contributed by atoms with van der Waals surface area (Å²) >= 11 is 12.0. The van der Waals surface area contributed by atoms with Crippen molar-refractivity contribution in [3.63, 3.8) is 0 Å². The Morgan fingerprint density at radius 1 is 1.12 bits per heavy atom. The van der Waals surface area contributed by atoms with Crippen LogP contribution < -0.4 is 5.32 Å². The molecule has 0 aliphatic heterocycles. The van der Waals surface area contributed by atoms with E-state index >= 15 is 0 Å². The van der Waals surface area contributed by atoms with E-state index in [0.717, 1.165) is 5.56 Å². The van der Waals surface area contributed by atoms with Gasteiger partial charge in [0, 0.05) is 22.2 Å². The number of carbonyl (C=O) groups is 1. The van der Waals surface area contributed by atoms with Crippen LogP contribution in [0.15, 0.2) is 65.1 Å². The van der Waals surface area contributed by atoms with Crippen molar-refractivity contribution in [3.05, 3.63) is 87.7 Å². The van der Waals surface area contributed by atoms with Crippen LogP contribution in [0, 0.1) is 5.82 Å². The summed E-state index contributed by atoms with van der Waals surface area (Å²) in [7, 11) is 0. The highest BCUT2D eigenvalue weighted by atomic mass is 35.5. The molecular weight excluding hydrogens is 454 g/mol. The van der Waals surface area contributed by atoms with Gasteiger partial charge in [0.1, 0.15) is 11.3 Å². The fourth-order valence-electron chi connectivity index (χ4n) is 3.16. The number of halogens is 3. The molecule has 0 atom stereocenters. The molecule has 0 saturated carbocycles. The van der Waals surface area contributed by atoms with Crippen LogP contribution in [-0.2, 0) is 11.2 Å². The molecule has 0 bridgehead atoms. The van der Waals surface area contributed by atoms with Crippen molar-refractivity contribution < 1.29 is 18.7 Å². The van der Waals surface area contributed by atoms with E-state index in [1.54, 1.807) is 42.5 Å². The summed E-state index contributed by atoms with van der Waals surface area (Å²) in [5, 5.41) is 13.0. The minimum Gasteiger partial charge on any atom is -0.481 e. The summed E-state index contributed by atoms with van der Waals surface area (Å²) < 4.78 is 20.3. The maximum absolute atomic E-state index is 14.6. The first-order valence-electron chi connectivity index (χ1n) is 9.66. The third-order valence-electron chi connectivity index (χ3n) is 4.69. The number of nitrogens with zero attached hydrogens (tertiary/aromatic N) is 1. The minimum atomic E-state index is -0.927. The van der Waals surface area contributed by atoms with Crippen molar-refractivity contribution in [2.24, 2.45) is 0 Å². The molecule has 0 amide bonds. The van der Waals surface area contributed by atoms with E-state index in [-0.39, 0.29) is 12.3 Å². The number of oxazole rings is 1. The summed E-state index contributed by atoms with van der Waals surface area (Å²) in [6.07, 6.45) is 3.55. The van der Waals surface area contributed by atoms with E-state index in [0.29, 0.717) is 44.5 Å². The van der Waals surface area contributed by atoms with Crippen LogP contribution >= 0.6 is 23.2 Å². The van der Waals surface area contributed by atoms with Gasteiger partial charge in [-0.15, -0.1) is 0 Å². The van der Waals surface area contributed by atoms with Crippen LogP contribution in [0.1, 0.15) is 11.1 Å². The predicted octanol–water partition coefficient (Wildman–Crippen LogP) is 6.69. The van der Waals surface area contributed by atoms with E-state index < -0.39 is 11.8 Å². The Labute approximate surface area is 193 Å². The third-order valence-corrected chi connectivity index (χ3v) is 5.26. The van der Waals surface area contributed by atoms with Crippen molar-refractivity contribution in [1.29, 1.82) is 0 Å². The monoisotopic (exact) mass is 470 g/mol. The highest BCUT2D eigenvalue weighted by molar-refractivity contribution is 6.35. The molecule has 5 nitrogen and oxygen atoms in total. The fourth-order valence-corrected chi connectivity index (χ4v) is 3.64. The van der Waals surface area contributed by atoms with Gasteiger partial charge in [-0.25, -0.2) is 9.37 Å². The number of nitrogens with one attached hydrogen (secondary N) is 1. The smallest absolute Gasteiger partial charge is 0.307 e. The number of anilines is 1. The zero-order valence-electron chi connectivity index (χ0n) is 16.6. The van der Waals surface area contributed by atoms with Gasteiger partial charge in [0.2, 0.25) is 5.89 Å². The Morgan fingerprint density at radius 3 is 2.72 bits per heavy atom. The molecule has 0 radical (unpaired) electrons. The average molecular weight is 471 g/mol. The van der Waals surface area contributed by atoms with Gasteiger partial charge < -0.3 is 14.8 Å². The van der Waals surface area contributed by atoms with Gasteiger partial charge in [0.25, 0.3) is 0 Å². The topological polar surface area (TPSA) is 75.4 Å². The number of carboxylic acid groups (broad SMARTS) is 1. The fraction of sp³-hybridized carbons (Fsp3) is 0.0833. The molecule has 1 aromatic heterocycles. The first-order chi connectivity index (χ1) is 15.4. The maximum Gasteiger partial charge on any atom is 0.307 e. The largest absolute Gasteiger partial charge is 0.481 e. The van der Waals surface area contributed by atoms with Crippen molar-refractivity contribution in [1.82, 2.24) is 4.98 Å². The lowest BCUT2D eigenvalue weighted by Crippen LogP contribution is -2.00. The van der Waals surface area contributed by atoms with Gasteiger partial charge in [-0.1, -0.05) is 47.5 Å². The summed E-state index contributed by atoms with van der Waals surface area (Å²) in [6, 6.07) is 14.9. The number of benzene rings is 3. The number of rotatable bonds is 7. The molecule has 1 heterocycles. The molecule has 8 heteroatoms. The van der Waals surface area contributed by atoms with Crippen LogP contribution in [0.2, 0.25) is 10.0 Å². The predicted molar refractivity (Wildman–Crippen MR) is 125 cm³/mol. The zero-order chi connectivity index (χ0) is 22.7. The molecule has 4 aromatic rings. The van der Waals surface area contributed by atoms with Crippen molar-refractivity contribution in [2.75, 3.05) is 11.9 Å². The molecule has 162 valence electrons. The van der Waals surface area contributed by atoms with Crippen molar-refractivity contribution in [3.8, 4) is 11.5 Å². The van der Waals surface area contributed by atoms with E-state index in [1.807, 2.05) is 18.2 Å². The molecular formula is C24H17Cl2FN2O3. The van der Waals surface area contributed by atoms with E-state index in [2.05, 4.69) is 10.3 Å². The number of aliphatic carboxylic acids is 1. The van der Waals surface area contributed by atoms with Gasteiger partial charge in [-0.2, -0.15) is 0 Å². The lowest BCUT2D eigenvalue weighted by atomic mass is 10.1. The van der Waals surface area contributed by atoms with E-state index in [4.69, 9.17) is 32.7 Å². The molecule has 0 spiro atoms. The second-order valence-electron chi connectivity index (χ2n) is 7.04. The summed E-state index contributed by atoms with van der Waals surface area (Å²) in [6.45, 7) is 0.393. The standard InChI is InChI=1S/C24H17Cl2FN2O3/c25-17-6-4-15(18(26)13-17)2-1-9-28-20-7-5-16(12-19(20)27)24-29-21-10-14(11-23(30)31)3-8-22(21)32-24/h1-8,10,12-13,28H,9,11H2,(H,30,31). The Hall–Kier alpha value is -3.35. The Kier molecular flexibility index (Phi) is 6.44. The van der Waals surface area contributed by atoms with Crippen LogP contribution in [-0.4, -0.2) is 22.6 Å². The molecule has 3 aromatic carbocycles. The lowest BCUT2D eigenvalue weighted by molar-refractivity contribution is -0.136. The molecule has 0 saturated heterocycles. The highest BCUT2D eigenvalue weighted by Crippen LogP contribution is 2.28. The number of carboxylic acids is 1. The quantitative estimate of drug-likeness (QED) is 0.314. The van der Waals surface area contributed by atoms with E-state index in [9.17, 15) is 9.18 Å². The highest BCUT2D eigenvalue weighted by Gasteiger charge is 2.12. The lowest BCUT2D eigenvalue weighted by Gasteiger charge is -2.06. The summed E-state index contributed by atoms with van der Waals surface area (Å²) in [4.78, 5) is 15.3. The second-order valence-corrected chi connectivity index (χ2v) is 7.88. The van der Waals surface area contributed by atoms with Gasteiger partial charge in [-0.05, 0) is 53.6 Å². The first-order valence-corrected chi connectivity index (χ1v) is 10.4. The number of aromatic nitrogens is 1. The van der Waals surface area contributed by atoms with Gasteiger partial charge in [0.15, 0.2) is 5.58 Å². The average Bonchev–Trinajstić information content (AvgIpc) is 3.16. The molecule has 0 fully saturated rings. The van der Waals surface area contributed by atoms with Gasteiger partial charge >= 0.3 is 5.97 Å². The van der Waals surface area contributed by atoms with Crippen LogP contribution in [0.3, 0.4) is 0 Å². The second kappa shape index (κ2) is 9.42. The Morgan fingerprint density at radius 2 is 1.97 bits per heavy atom. The van der Waals surface area contributed by atoms with Crippen LogP contribution in [0.25, 0.3) is 28.6 Å². The number of hydrogen-bond acceptors (Lipinski definition) is 4. The summed E-state index contributed by atoms with van der Waals surface area (Å²) in [5.41, 5.74) is 3.27. The number of hydrogen-bond donors (Lipinski definition) is 2. The van der Waals surface area contributed by atoms with Gasteiger partial charge in [-0.3, -0.25) is 4.79 Å². The molecule has 0 aliphatic rings. The first kappa shape index (κ1) is 21.9. The van der Waals surface area contributed by atoms with E-state index in [1.165, 1.54) is 6.07 Å². The SMILES string of the molecule is O=C(O)Cc1ccc2oc(-c3ccc(NCC=Cc4ccc(Cl)cc4Cl)c(F)c3)nc2c1. The third kappa shape index (κ3) is 5.10.